The maximum absolute atomic E-state index is 13.1. The summed E-state index contributed by atoms with van der Waals surface area (Å²) < 4.78 is 27.5. The molecular weight excluding hydrogens is 767 g/mol. The predicted octanol–water partition coefficient (Wildman–Crippen LogP) is 7.55. The summed E-state index contributed by atoms with van der Waals surface area (Å²) in [6, 6.07) is 35.1. The van der Waals surface area contributed by atoms with Gasteiger partial charge in [-0.15, -0.1) is 0 Å². The van der Waals surface area contributed by atoms with Crippen LogP contribution in [0.3, 0.4) is 0 Å². The van der Waals surface area contributed by atoms with Crippen molar-refractivity contribution in [2.75, 3.05) is 33.8 Å². The average Bonchev–Trinajstić information content (AvgIpc) is 3.59. The smallest absolute Gasteiger partial charge is 0.245 e. The van der Waals surface area contributed by atoms with E-state index in [-0.39, 0.29) is 18.4 Å². The van der Waals surface area contributed by atoms with Crippen molar-refractivity contribution in [3.05, 3.63) is 142 Å². The molecule has 10 nitrogen and oxygen atoms in total. The molecule has 2 aliphatic heterocycles. The molecule has 0 spiro atoms. The number of rotatable bonds is 21. The minimum atomic E-state index is -1.34. The third-order valence-corrected chi connectivity index (χ3v) is 12.7. The lowest BCUT2D eigenvalue weighted by Gasteiger charge is -2.50. The number of aryl methyl sites for hydroxylation is 2. The predicted molar refractivity (Wildman–Crippen MR) is 239 cm³/mol. The average molecular weight is 834 g/mol. The molecule has 2 fully saturated rings. The van der Waals surface area contributed by atoms with Gasteiger partial charge in [-0.25, -0.2) is 0 Å². The van der Waals surface area contributed by atoms with Crippen LogP contribution in [0.5, 0.6) is 0 Å². The first-order valence-corrected chi connectivity index (χ1v) is 22.0. The lowest BCUT2D eigenvalue weighted by molar-refractivity contribution is -0.336. The van der Waals surface area contributed by atoms with E-state index in [1.54, 1.807) is 13.8 Å². The third kappa shape index (κ3) is 11.0. The molecule has 4 aromatic rings. The Labute approximate surface area is 363 Å². The van der Waals surface area contributed by atoms with Gasteiger partial charge >= 0.3 is 0 Å². The van der Waals surface area contributed by atoms with Crippen molar-refractivity contribution in [2.24, 2.45) is 0 Å². The Hall–Kier alpha value is -4.42. The first-order chi connectivity index (χ1) is 29.2. The highest BCUT2D eigenvalue weighted by Gasteiger charge is 2.68. The number of carbonyl (C=O) groups is 2. The molecule has 10 heteroatoms. The second-order valence-corrected chi connectivity index (χ2v) is 17.8. The van der Waals surface area contributed by atoms with Crippen molar-refractivity contribution in [1.29, 1.82) is 0 Å². The molecule has 4 atom stereocenters. The van der Waals surface area contributed by atoms with Crippen LogP contribution in [0.15, 0.2) is 103 Å². The minimum absolute atomic E-state index is 0.104. The number of nitrogens with zero attached hydrogens (tertiary/aromatic N) is 1. The van der Waals surface area contributed by atoms with Crippen LogP contribution in [-0.4, -0.2) is 84.6 Å². The van der Waals surface area contributed by atoms with Gasteiger partial charge in [0, 0.05) is 31.5 Å². The number of benzene rings is 4. The van der Waals surface area contributed by atoms with Gasteiger partial charge in [0.1, 0.15) is 17.2 Å². The van der Waals surface area contributed by atoms with Crippen LogP contribution in [0.1, 0.15) is 98.7 Å². The highest BCUT2D eigenvalue weighted by atomic mass is 16.8. The third-order valence-electron chi connectivity index (χ3n) is 12.7. The van der Waals surface area contributed by atoms with Crippen LogP contribution < -0.4 is 10.6 Å². The number of amides is 2. The molecule has 2 bridgehead atoms. The molecule has 0 radical (unpaired) electrons. The van der Waals surface area contributed by atoms with E-state index >= 15 is 0 Å². The maximum atomic E-state index is 13.1. The number of fused-ring (bicyclic) bond motifs is 2. The van der Waals surface area contributed by atoms with Gasteiger partial charge < -0.3 is 39.6 Å². The fourth-order valence-electron chi connectivity index (χ4n) is 8.52. The van der Waals surface area contributed by atoms with Crippen LogP contribution in [-0.2, 0) is 60.4 Å². The summed E-state index contributed by atoms with van der Waals surface area (Å²) in [5.74, 6) is -1.56. The van der Waals surface area contributed by atoms with Crippen LogP contribution in [0.25, 0.3) is 0 Å². The fourth-order valence-corrected chi connectivity index (χ4v) is 8.52. The summed E-state index contributed by atoms with van der Waals surface area (Å²) in [6.07, 6.45) is 2.82. The van der Waals surface area contributed by atoms with Crippen LogP contribution in [0.2, 0.25) is 0 Å². The van der Waals surface area contributed by atoms with E-state index in [0.717, 1.165) is 51.9 Å². The quantitative estimate of drug-likeness (QED) is 0.0789. The molecule has 0 unspecified atom stereocenters. The standard InChI is InChI=1S/C51H67N3O7/c1-8-49(9-2,47(56)52-29-30-54(6)7)53-45(55)22-16-21-38-24-26-39(27-25-38)31-42-32-43(28-23-37(42)3)51-46(59-35-41-19-14-11-15-20-41)44(58-34-40-17-12-10-13-18-40)33-50(61-51,36-60-51)48(4,5)57/h10-15,17-20,23-28,32,44,46,57H,8-9,16,21-22,29-31,33-36H2,1-7H3,(H,52,56)(H,53,55)/t44-,46+,50+,51-/m0/s1. The van der Waals surface area contributed by atoms with Gasteiger partial charge in [0.25, 0.3) is 0 Å². The molecule has 61 heavy (non-hydrogen) atoms. The Balaban J connectivity index is 1.17. The monoisotopic (exact) mass is 833 g/mol. The summed E-state index contributed by atoms with van der Waals surface area (Å²) in [5, 5.41) is 17.7. The van der Waals surface area contributed by atoms with Crippen LogP contribution in [0, 0.1) is 6.92 Å². The Kier molecular flexibility index (Phi) is 15.2. The van der Waals surface area contributed by atoms with Gasteiger partial charge in [-0.3, -0.25) is 9.59 Å². The van der Waals surface area contributed by atoms with Gasteiger partial charge in [-0.05, 0) is 106 Å². The number of hydrogen-bond donors (Lipinski definition) is 3. The fraction of sp³-hybridized carbons (Fsp3) is 0.490. The molecule has 6 rings (SSSR count). The molecule has 2 aliphatic rings. The minimum Gasteiger partial charge on any atom is -0.387 e. The van der Waals surface area contributed by atoms with E-state index in [0.29, 0.717) is 58.3 Å². The molecule has 2 heterocycles. The van der Waals surface area contributed by atoms with Crippen molar-refractivity contribution < 1.29 is 33.6 Å². The lowest BCUT2D eigenvalue weighted by atomic mass is 9.77. The summed E-state index contributed by atoms with van der Waals surface area (Å²) >= 11 is 0. The second-order valence-electron chi connectivity index (χ2n) is 17.8. The maximum Gasteiger partial charge on any atom is 0.245 e. The summed E-state index contributed by atoms with van der Waals surface area (Å²) in [5.41, 5.74) is 4.29. The molecule has 328 valence electrons. The van der Waals surface area contributed by atoms with Gasteiger partial charge in [0.2, 0.25) is 17.6 Å². The Bertz CT molecular complexity index is 2030. The zero-order valence-corrected chi connectivity index (χ0v) is 37.3. The molecule has 0 aromatic heterocycles. The lowest BCUT2D eigenvalue weighted by Crippen LogP contribution is -2.63. The van der Waals surface area contributed by atoms with Crippen molar-refractivity contribution >= 4 is 11.8 Å². The first-order valence-electron chi connectivity index (χ1n) is 22.0. The van der Waals surface area contributed by atoms with E-state index in [9.17, 15) is 14.7 Å². The Morgan fingerprint density at radius 3 is 2.08 bits per heavy atom. The SMILES string of the molecule is CCC(CC)(NC(=O)CCCc1ccc(Cc2cc([C@@]34OC[C@@](C(C)(C)O)(C[C@H](OCc5ccccc5)[C@H]3OCc3ccccc3)O4)ccc2C)cc1)C(=O)NCCN(C)C. The van der Waals surface area contributed by atoms with Gasteiger partial charge in [0.05, 0.1) is 31.5 Å². The van der Waals surface area contributed by atoms with E-state index in [2.05, 4.69) is 60.0 Å². The van der Waals surface area contributed by atoms with E-state index in [1.165, 1.54) is 0 Å². The number of likely N-dealkylation sites (N-methyl/N-ethyl adjacent to an activating group) is 1. The van der Waals surface area contributed by atoms with Crippen molar-refractivity contribution in [2.45, 2.75) is 128 Å². The summed E-state index contributed by atoms with van der Waals surface area (Å²) in [7, 11) is 3.93. The summed E-state index contributed by atoms with van der Waals surface area (Å²) in [6.45, 7) is 11.7. The Morgan fingerprint density at radius 1 is 0.852 bits per heavy atom. The van der Waals surface area contributed by atoms with Gasteiger partial charge in [0.15, 0.2) is 0 Å². The number of carbonyl (C=O) groups excluding carboxylic acids is 2. The number of hydrogen-bond acceptors (Lipinski definition) is 8. The molecule has 2 saturated heterocycles. The molecule has 4 aromatic carbocycles. The van der Waals surface area contributed by atoms with Crippen molar-refractivity contribution in [3.8, 4) is 0 Å². The second kappa shape index (κ2) is 20.2. The van der Waals surface area contributed by atoms with Crippen LogP contribution >= 0.6 is 0 Å². The zero-order chi connectivity index (χ0) is 43.7. The number of aliphatic hydroxyl groups is 1. The largest absolute Gasteiger partial charge is 0.387 e. The highest BCUT2D eigenvalue weighted by Crippen LogP contribution is 2.55. The number of ether oxygens (including phenoxy) is 4. The van der Waals surface area contributed by atoms with Crippen molar-refractivity contribution in [3.63, 3.8) is 0 Å². The van der Waals surface area contributed by atoms with Gasteiger partial charge in [-0.1, -0.05) is 111 Å². The normalized spacial score (nSPS) is 21.4. The van der Waals surface area contributed by atoms with E-state index < -0.39 is 34.7 Å². The number of nitrogens with one attached hydrogen (secondary N) is 2. The first kappa shape index (κ1) is 46.1. The van der Waals surface area contributed by atoms with Gasteiger partial charge in [-0.2, -0.15) is 0 Å². The molecular formula is C51H67N3O7. The van der Waals surface area contributed by atoms with E-state index in [4.69, 9.17) is 18.9 Å². The molecule has 3 N–H and O–H groups in total. The highest BCUT2D eigenvalue weighted by molar-refractivity contribution is 5.91. The topological polar surface area (TPSA) is 119 Å². The van der Waals surface area contributed by atoms with Crippen molar-refractivity contribution in [1.82, 2.24) is 15.5 Å². The zero-order valence-electron chi connectivity index (χ0n) is 37.3. The van der Waals surface area contributed by atoms with E-state index in [1.807, 2.05) is 93.5 Å². The Morgan fingerprint density at radius 2 is 1.48 bits per heavy atom. The molecule has 0 saturated carbocycles. The summed E-state index contributed by atoms with van der Waals surface area (Å²) in [4.78, 5) is 28.2. The molecule has 0 aliphatic carbocycles. The molecule has 2 amide bonds. The van der Waals surface area contributed by atoms with Crippen LogP contribution in [0.4, 0.5) is 0 Å².